The molecule has 132 valence electrons. The van der Waals surface area contributed by atoms with Crippen molar-refractivity contribution in [3.63, 3.8) is 0 Å². The summed E-state index contributed by atoms with van der Waals surface area (Å²) in [5.74, 6) is 0. The molecule has 23 heavy (non-hydrogen) atoms. The highest BCUT2D eigenvalue weighted by Gasteiger charge is 2.13. The molecule has 0 spiro atoms. The molecule has 0 atom stereocenters. The predicted molar refractivity (Wildman–Crippen MR) is 90.0 cm³/mol. The summed E-state index contributed by atoms with van der Waals surface area (Å²) in [6.45, 7) is 5.17. The molecule has 0 N–H and O–H groups in total. The first-order chi connectivity index (χ1) is 11.2. The lowest BCUT2D eigenvalue weighted by Gasteiger charge is -2.07. The van der Waals surface area contributed by atoms with Crippen LogP contribution in [0.1, 0.15) is 39.0 Å². The summed E-state index contributed by atoms with van der Waals surface area (Å²) in [6, 6.07) is 8.18. The lowest BCUT2D eigenvalue weighted by atomic mass is 10.3. The Morgan fingerprint density at radius 1 is 0.783 bits per heavy atom. The zero-order valence-corrected chi connectivity index (χ0v) is 14.7. The molecule has 0 heterocycles. The Morgan fingerprint density at radius 2 is 1.35 bits per heavy atom. The van der Waals surface area contributed by atoms with E-state index in [-0.39, 0.29) is 11.5 Å². The third-order valence-electron chi connectivity index (χ3n) is 3.17. The number of rotatable bonds is 14. The van der Waals surface area contributed by atoms with Crippen LogP contribution in [0.5, 0.6) is 0 Å². The van der Waals surface area contributed by atoms with Crippen molar-refractivity contribution in [2.75, 3.05) is 33.0 Å². The van der Waals surface area contributed by atoms with Crippen molar-refractivity contribution in [3.05, 3.63) is 30.3 Å². The van der Waals surface area contributed by atoms with Gasteiger partial charge in [0.05, 0.1) is 11.5 Å². The molecule has 0 unspecified atom stereocenters. The second kappa shape index (κ2) is 12.5. The average molecular weight is 344 g/mol. The Kier molecular flexibility index (Phi) is 10.9. The van der Waals surface area contributed by atoms with Gasteiger partial charge in [-0.3, -0.25) is 4.18 Å². The van der Waals surface area contributed by atoms with Gasteiger partial charge in [0.15, 0.2) is 0 Å². The molecule has 1 aromatic rings. The van der Waals surface area contributed by atoms with Crippen molar-refractivity contribution in [2.45, 2.75) is 43.9 Å². The maximum absolute atomic E-state index is 11.8. The van der Waals surface area contributed by atoms with Gasteiger partial charge in [-0.15, -0.1) is 0 Å². The van der Waals surface area contributed by atoms with Gasteiger partial charge in [-0.05, 0) is 37.8 Å². The quantitative estimate of drug-likeness (QED) is 0.382. The number of hydrogen-bond donors (Lipinski definition) is 0. The van der Waals surface area contributed by atoms with Crippen molar-refractivity contribution in [1.82, 2.24) is 0 Å². The van der Waals surface area contributed by atoms with Crippen LogP contribution in [0.25, 0.3) is 0 Å². The van der Waals surface area contributed by atoms with Crippen molar-refractivity contribution >= 4 is 10.1 Å². The molecule has 0 radical (unpaired) electrons. The third kappa shape index (κ3) is 9.71. The van der Waals surface area contributed by atoms with Gasteiger partial charge in [0, 0.05) is 26.4 Å². The lowest BCUT2D eigenvalue weighted by Crippen LogP contribution is -2.08. The van der Waals surface area contributed by atoms with Gasteiger partial charge in [-0.1, -0.05) is 31.5 Å². The fourth-order valence-electron chi connectivity index (χ4n) is 1.84. The first-order valence-electron chi connectivity index (χ1n) is 8.27. The lowest BCUT2D eigenvalue weighted by molar-refractivity contribution is 0.0790. The molecule has 0 aliphatic carbocycles. The number of benzene rings is 1. The van der Waals surface area contributed by atoms with E-state index in [0.717, 1.165) is 38.9 Å². The first-order valence-corrected chi connectivity index (χ1v) is 9.67. The van der Waals surface area contributed by atoms with Crippen molar-refractivity contribution in [1.29, 1.82) is 0 Å². The minimum absolute atomic E-state index is 0.181. The fourth-order valence-corrected chi connectivity index (χ4v) is 2.81. The Morgan fingerprint density at radius 3 is 2.00 bits per heavy atom. The maximum atomic E-state index is 11.8. The van der Waals surface area contributed by atoms with Crippen LogP contribution >= 0.6 is 0 Å². The van der Waals surface area contributed by atoms with Crippen molar-refractivity contribution in [2.24, 2.45) is 0 Å². The summed E-state index contributed by atoms with van der Waals surface area (Å²) in [5.41, 5.74) is 0. The van der Waals surface area contributed by atoms with E-state index in [1.165, 1.54) is 12.1 Å². The molecule has 0 amide bonds. The fraction of sp³-hybridized carbons (Fsp3) is 0.647. The van der Waals surface area contributed by atoms with E-state index in [1.807, 2.05) is 0 Å². The highest BCUT2D eigenvalue weighted by molar-refractivity contribution is 7.86. The maximum Gasteiger partial charge on any atom is 0.296 e. The first kappa shape index (κ1) is 20.1. The van der Waals surface area contributed by atoms with Crippen LogP contribution in [0.4, 0.5) is 0 Å². The van der Waals surface area contributed by atoms with Crippen LogP contribution < -0.4 is 0 Å². The Labute approximate surface area is 140 Å². The molecule has 0 bridgehead atoms. The van der Waals surface area contributed by atoms with Crippen LogP contribution in [0.3, 0.4) is 0 Å². The van der Waals surface area contributed by atoms with E-state index in [9.17, 15) is 8.42 Å². The topological polar surface area (TPSA) is 61.8 Å². The van der Waals surface area contributed by atoms with E-state index in [1.54, 1.807) is 18.2 Å². The van der Waals surface area contributed by atoms with Gasteiger partial charge in [-0.25, -0.2) is 0 Å². The second-order valence-electron chi connectivity index (χ2n) is 5.23. The van der Waals surface area contributed by atoms with E-state index in [4.69, 9.17) is 13.7 Å². The van der Waals surface area contributed by atoms with Gasteiger partial charge in [0.1, 0.15) is 0 Å². The normalized spacial score (nSPS) is 11.7. The molecule has 1 rings (SSSR count). The summed E-state index contributed by atoms with van der Waals surface area (Å²) in [4.78, 5) is 0.194. The van der Waals surface area contributed by atoms with E-state index < -0.39 is 10.1 Å². The van der Waals surface area contributed by atoms with Crippen LogP contribution in [0.15, 0.2) is 35.2 Å². The van der Waals surface area contributed by atoms with E-state index in [2.05, 4.69) is 6.92 Å². The van der Waals surface area contributed by atoms with Crippen LogP contribution in [0, 0.1) is 0 Å². The molecule has 0 aromatic heterocycles. The second-order valence-corrected chi connectivity index (χ2v) is 6.84. The summed E-state index contributed by atoms with van der Waals surface area (Å²) in [7, 11) is -3.63. The zero-order chi connectivity index (χ0) is 16.8. The SMILES string of the molecule is CCCCOCCCOCCCCOS(=O)(=O)c1ccccc1. The van der Waals surface area contributed by atoms with E-state index >= 15 is 0 Å². The minimum atomic E-state index is -3.63. The molecular weight excluding hydrogens is 316 g/mol. The van der Waals surface area contributed by atoms with Gasteiger partial charge < -0.3 is 9.47 Å². The molecule has 0 saturated carbocycles. The van der Waals surface area contributed by atoms with Gasteiger partial charge in [0.2, 0.25) is 0 Å². The highest BCUT2D eigenvalue weighted by Crippen LogP contribution is 2.11. The Hall–Kier alpha value is -0.950. The zero-order valence-electron chi connectivity index (χ0n) is 13.9. The minimum Gasteiger partial charge on any atom is -0.381 e. The van der Waals surface area contributed by atoms with Gasteiger partial charge >= 0.3 is 0 Å². The van der Waals surface area contributed by atoms with Gasteiger partial charge in [-0.2, -0.15) is 8.42 Å². The smallest absolute Gasteiger partial charge is 0.296 e. The monoisotopic (exact) mass is 344 g/mol. The Balaban J connectivity index is 1.96. The number of unbranched alkanes of at least 4 members (excludes halogenated alkanes) is 2. The molecule has 0 aliphatic rings. The molecule has 0 aliphatic heterocycles. The highest BCUT2D eigenvalue weighted by atomic mass is 32.2. The number of hydrogen-bond acceptors (Lipinski definition) is 5. The standard InChI is InChI=1S/C17H28O5S/c1-2-3-12-20-14-9-15-21-13-7-8-16-22-23(18,19)17-10-5-4-6-11-17/h4-6,10-11H,2-3,7-9,12-16H2,1H3. The summed E-state index contributed by atoms with van der Waals surface area (Å²) in [6.07, 6.45) is 4.58. The molecule has 1 aromatic carbocycles. The van der Waals surface area contributed by atoms with Crippen molar-refractivity contribution < 1.29 is 22.1 Å². The third-order valence-corrected chi connectivity index (χ3v) is 4.50. The van der Waals surface area contributed by atoms with E-state index in [0.29, 0.717) is 19.6 Å². The van der Waals surface area contributed by atoms with Crippen LogP contribution in [0.2, 0.25) is 0 Å². The van der Waals surface area contributed by atoms with Crippen molar-refractivity contribution in [3.8, 4) is 0 Å². The Bertz CT molecular complexity index is 487. The molecule has 0 fully saturated rings. The largest absolute Gasteiger partial charge is 0.381 e. The van der Waals surface area contributed by atoms with Gasteiger partial charge in [0.25, 0.3) is 10.1 Å². The summed E-state index contributed by atoms with van der Waals surface area (Å²) < 4.78 is 39.6. The summed E-state index contributed by atoms with van der Waals surface area (Å²) in [5, 5.41) is 0. The molecule has 6 heteroatoms. The van der Waals surface area contributed by atoms with Crippen LogP contribution in [-0.4, -0.2) is 41.5 Å². The van der Waals surface area contributed by atoms with Crippen LogP contribution in [-0.2, 0) is 23.8 Å². The predicted octanol–water partition coefficient (Wildman–Crippen LogP) is 3.40. The summed E-state index contributed by atoms with van der Waals surface area (Å²) >= 11 is 0. The average Bonchev–Trinajstić information content (AvgIpc) is 2.56. The number of ether oxygens (including phenoxy) is 2. The molecule has 5 nitrogen and oxygen atoms in total. The molecule has 0 saturated heterocycles. The molecular formula is C17H28O5S.